The average molecular weight is 239 g/mol. The Balaban J connectivity index is 1.85. The molecule has 0 aromatic heterocycles. The molecule has 2 saturated heterocycles. The highest BCUT2D eigenvalue weighted by molar-refractivity contribution is 5.74. The maximum Gasteiger partial charge on any atom is 0.320 e. The van der Waals surface area contributed by atoms with Crippen molar-refractivity contribution in [1.29, 1.82) is 0 Å². The zero-order chi connectivity index (χ0) is 12.1. The van der Waals surface area contributed by atoms with Crippen LogP contribution in [0.25, 0.3) is 0 Å². The number of amides is 2. The summed E-state index contributed by atoms with van der Waals surface area (Å²) in [5.41, 5.74) is 0. The molecule has 2 heterocycles. The van der Waals surface area contributed by atoms with Gasteiger partial charge in [-0.15, -0.1) is 0 Å². The van der Waals surface area contributed by atoms with Crippen LogP contribution in [0.1, 0.15) is 32.6 Å². The molecular weight excluding hydrogens is 214 g/mol. The number of nitrogens with one attached hydrogen (secondary N) is 1. The number of likely N-dealkylation sites (tertiary alicyclic amines) is 1. The summed E-state index contributed by atoms with van der Waals surface area (Å²) in [6.45, 7) is 7.80. The number of piperazine rings is 1. The van der Waals surface area contributed by atoms with Crippen molar-refractivity contribution in [3.8, 4) is 0 Å². The number of carbonyl (C=O) groups excluding carboxylic acids is 1. The van der Waals surface area contributed by atoms with Crippen LogP contribution in [0.4, 0.5) is 4.79 Å². The molecule has 0 aliphatic carbocycles. The van der Waals surface area contributed by atoms with Crippen molar-refractivity contribution in [3.63, 3.8) is 0 Å². The van der Waals surface area contributed by atoms with Crippen LogP contribution in [0, 0.1) is 5.92 Å². The molecule has 1 N–H and O–H groups in total. The molecule has 2 rings (SSSR count). The minimum absolute atomic E-state index is 0.267. The van der Waals surface area contributed by atoms with E-state index < -0.39 is 0 Å². The molecular formula is C13H25N3O. The van der Waals surface area contributed by atoms with Gasteiger partial charge in [-0.25, -0.2) is 4.79 Å². The lowest BCUT2D eigenvalue weighted by Crippen LogP contribution is -2.51. The zero-order valence-electron chi connectivity index (χ0n) is 11.0. The Hall–Kier alpha value is -0.770. The zero-order valence-corrected chi connectivity index (χ0v) is 11.0. The fourth-order valence-corrected chi connectivity index (χ4v) is 2.82. The van der Waals surface area contributed by atoms with Crippen molar-refractivity contribution < 1.29 is 4.79 Å². The molecule has 2 amide bonds. The minimum Gasteiger partial charge on any atom is -0.325 e. The van der Waals surface area contributed by atoms with Crippen molar-refractivity contribution in [2.24, 2.45) is 5.92 Å². The Bertz CT molecular complexity index is 251. The molecule has 4 nitrogen and oxygen atoms in total. The molecule has 0 saturated carbocycles. The minimum atomic E-state index is 0.267. The lowest BCUT2D eigenvalue weighted by Gasteiger charge is -2.32. The molecule has 0 aromatic rings. The second-order valence-corrected chi connectivity index (χ2v) is 5.21. The Morgan fingerprint density at radius 2 is 1.82 bits per heavy atom. The summed E-state index contributed by atoms with van der Waals surface area (Å²) >= 11 is 0. The van der Waals surface area contributed by atoms with Crippen LogP contribution < -0.4 is 5.32 Å². The van der Waals surface area contributed by atoms with Gasteiger partial charge in [0.2, 0.25) is 0 Å². The van der Waals surface area contributed by atoms with E-state index in [1.807, 2.05) is 4.90 Å². The Labute approximate surface area is 104 Å². The van der Waals surface area contributed by atoms with E-state index in [0.717, 1.165) is 45.2 Å². The topological polar surface area (TPSA) is 35.6 Å². The summed E-state index contributed by atoms with van der Waals surface area (Å²) in [5.74, 6) is 0.829. The fraction of sp³-hybridized carbons (Fsp3) is 0.923. The second-order valence-electron chi connectivity index (χ2n) is 5.21. The van der Waals surface area contributed by atoms with Gasteiger partial charge in [0.1, 0.15) is 0 Å². The normalized spacial score (nSPS) is 26.8. The van der Waals surface area contributed by atoms with E-state index in [4.69, 9.17) is 0 Å². The van der Waals surface area contributed by atoms with E-state index in [2.05, 4.69) is 17.1 Å². The number of hydrogen-bond acceptors (Lipinski definition) is 2. The van der Waals surface area contributed by atoms with Crippen molar-refractivity contribution in [2.75, 3.05) is 39.3 Å². The summed E-state index contributed by atoms with van der Waals surface area (Å²) < 4.78 is 0. The standard InChI is InChI=1S/C13H25N3O/c1-2-12-4-3-8-15(9-5-12)13(17)16-10-6-14-7-11-16/h12,14H,2-11H2,1H3. The maximum absolute atomic E-state index is 12.3. The van der Waals surface area contributed by atoms with Crippen molar-refractivity contribution in [1.82, 2.24) is 15.1 Å². The Morgan fingerprint density at radius 1 is 1.12 bits per heavy atom. The van der Waals surface area contributed by atoms with Crippen LogP contribution in [0.2, 0.25) is 0 Å². The first-order chi connectivity index (χ1) is 8.31. The van der Waals surface area contributed by atoms with Crippen LogP contribution in [0.5, 0.6) is 0 Å². The quantitative estimate of drug-likeness (QED) is 0.753. The molecule has 2 aliphatic heterocycles. The van der Waals surface area contributed by atoms with Crippen molar-refractivity contribution >= 4 is 6.03 Å². The predicted molar refractivity (Wildman–Crippen MR) is 69.0 cm³/mol. The monoisotopic (exact) mass is 239 g/mol. The molecule has 0 spiro atoms. The van der Waals surface area contributed by atoms with Crippen LogP contribution in [0.15, 0.2) is 0 Å². The molecule has 0 aromatic carbocycles. The van der Waals surface area contributed by atoms with Gasteiger partial charge in [0.25, 0.3) is 0 Å². The van der Waals surface area contributed by atoms with Crippen molar-refractivity contribution in [2.45, 2.75) is 32.6 Å². The van der Waals surface area contributed by atoms with Gasteiger partial charge in [0.15, 0.2) is 0 Å². The molecule has 1 unspecified atom stereocenters. The molecule has 1 atom stereocenters. The van der Waals surface area contributed by atoms with Gasteiger partial charge in [-0.2, -0.15) is 0 Å². The van der Waals surface area contributed by atoms with Gasteiger partial charge in [-0.1, -0.05) is 13.3 Å². The summed E-state index contributed by atoms with van der Waals surface area (Å²) in [6, 6.07) is 0.267. The highest BCUT2D eigenvalue weighted by atomic mass is 16.2. The van der Waals surface area contributed by atoms with E-state index in [1.165, 1.54) is 25.7 Å². The number of hydrogen-bond donors (Lipinski definition) is 1. The summed E-state index contributed by atoms with van der Waals surface area (Å²) in [4.78, 5) is 16.4. The van der Waals surface area contributed by atoms with E-state index in [0.29, 0.717) is 0 Å². The highest BCUT2D eigenvalue weighted by Crippen LogP contribution is 2.20. The van der Waals surface area contributed by atoms with Crippen LogP contribution in [0.3, 0.4) is 0 Å². The molecule has 98 valence electrons. The molecule has 4 heteroatoms. The third kappa shape index (κ3) is 3.35. The lowest BCUT2D eigenvalue weighted by molar-refractivity contribution is 0.147. The van der Waals surface area contributed by atoms with Gasteiger partial charge < -0.3 is 15.1 Å². The van der Waals surface area contributed by atoms with E-state index in [-0.39, 0.29) is 6.03 Å². The second kappa shape index (κ2) is 6.24. The van der Waals surface area contributed by atoms with E-state index >= 15 is 0 Å². The third-order valence-electron chi connectivity index (χ3n) is 4.08. The lowest BCUT2D eigenvalue weighted by atomic mass is 9.98. The van der Waals surface area contributed by atoms with Gasteiger partial charge in [0, 0.05) is 39.3 Å². The van der Waals surface area contributed by atoms with Gasteiger partial charge in [-0.05, 0) is 25.2 Å². The summed E-state index contributed by atoms with van der Waals surface area (Å²) in [5, 5.41) is 3.29. The number of carbonyl (C=O) groups is 1. The molecule has 2 fully saturated rings. The molecule has 0 radical (unpaired) electrons. The smallest absolute Gasteiger partial charge is 0.320 e. The van der Waals surface area contributed by atoms with Crippen LogP contribution in [-0.2, 0) is 0 Å². The van der Waals surface area contributed by atoms with Gasteiger partial charge >= 0.3 is 6.03 Å². The predicted octanol–water partition coefficient (Wildman–Crippen LogP) is 1.52. The Kier molecular flexibility index (Phi) is 4.66. The first-order valence-electron chi connectivity index (χ1n) is 7.06. The SMILES string of the molecule is CCC1CCCN(C(=O)N2CCNCC2)CC1. The maximum atomic E-state index is 12.3. The highest BCUT2D eigenvalue weighted by Gasteiger charge is 2.24. The summed E-state index contributed by atoms with van der Waals surface area (Å²) in [6.07, 6.45) is 4.92. The number of urea groups is 1. The average Bonchev–Trinajstić information content (AvgIpc) is 2.64. The third-order valence-corrected chi connectivity index (χ3v) is 4.08. The first kappa shape index (κ1) is 12.7. The van der Waals surface area contributed by atoms with E-state index in [9.17, 15) is 4.79 Å². The van der Waals surface area contributed by atoms with Crippen molar-refractivity contribution in [3.05, 3.63) is 0 Å². The van der Waals surface area contributed by atoms with Gasteiger partial charge in [-0.3, -0.25) is 0 Å². The largest absolute Gasteiger partial charge is 0.325 e. The molecule has 0 bridgehead atoms. The fourth-order valence-electron chi connectivity index (χ4n) is 2.82. The number of nitrogens with zero attached hydrogens (tertiary/aromatic N) is 2. The van der Waals surface area contributed by atoms with Crippen LogP contribution in [-0.4, -0.2) is 55.1 Å². The summed E-state index contributed by atoms with van der Waals surface area (Å²) in [7, 11) is 0. The molecule has 17 heavy (non-hydrogen) atoms. The Morgan fingerprint density at radius 3 is 2.53 bits per heavy atom. The molecule has 2 aliphatic rings. The van der Waals surface area contributed by atoms with E-state index in [1.54, 1.807) is 0 Å². The first-order valence-corrected chi connectivity index (χ1v) is 7.06. The number of rotatable bonds is 1. The van der Waals surface area contributed by atoms with Crippen LogP contribution >= 0.6 is 0 Å². The van der Waals surface area contributed by atoms with Gasteiger partial charge in [0.05, 0.1) is 0 Å².